The van der Waals surface area contributed by atoms with Gasteiger partial charge in [0.15, 0.2) is 0 Å². The third-order valence-electron chi connectivity index (χ3n) is 2.92. The van der Waals surface area contributed by atoms with Crippen LogP contribution in [-0.2, 0) is 11.3 Å². The molecule has 4 heteroatoms. The van der Waals surface area contributed by atoms with Crippen LogP contribution in [0.3, 0.4) is 0 Å². The minimum atomic E-state index is 0.537. The van der Waals surface area contributed by atoms with Crippen molar-refractivity contribution < 1.29 is 4.74 Å². The standard InChI is InChI=1S/C14H15N3O/c1-2-4-14-12(3-1)5-6-13(16-14)9-18-11-17-8-7-15-10-17/h1-6,10H,7-9,11H2. The van der Waals surface area contributed by atoms with Gasteiger partial charge < -0.3 is 9.64 Å². The van der Waals surface area contributed by atoms with E-state index in [2.05, 4.69) is 27.0 Å². The van der Waals surface area contributed by atoms with Crippen LogP contribution >= 0.6 is 0 Å². The Kier molecular flexibility index (Phi) is 3.19. The predicted octanol–water partition coefficient (Wildman–Crippen LogP) is 2.05. The van der Waals surface area contributed by atoms with E-state index in [0.29, 0.717) is 13.3 Å². The van der Waals surface area contributed by atoms with Crippen molar-refractivity contribution in [3.8, 4) is 0 Å². The number of benzene rings is 1. The largest absolute Gasteiger partial charge is 0.355 e. The maximum absolute atomic E-state index is 5.62. The molecular weight excluding hydrogens is 226 g/mol. The fraction of sp³-hybridized carbons (Fsp3) is 0.286. The van der Waals surface area contributed by atoms with Crippen molar-refractivity contribution in [2.75, 3.05) is 19.8 Å². The molecule has 1 aliphatic heterocycles. The van der Waals surface area contributed by atoms with Crippen molar-refractivity contribution >= 4 is 17.2 Å². The number of rotatable bonds is 4. The van der Waals surface area contributed by atoms with E-state index < -0.39 is 0 Å². The molecule has 2 aromatic rings. The van der Waals surface area contributed by atoms with E-state index in [4.69, 9.17) is 4.74 Å². The number of aliphatic imine (C=N–C) groups is 1. The topological polar surface area (TPSA) is 37.7 Å². The van der Waals surface area contributed by atoms with E-state index in [1.807, 2.05) is 30.6 Å². The molecule has 0 N–H and O–H groups in total. The van der Waals surface area contributed by atoms with Crippen LogP contribution in [0, 0.1) is 0 Å². The van der Waals surface area contributed by atoms with Gasteiger partial charge in [0.2, 0.25) is 0 Å². The summed E-state index contributed by atoms with van der Waals surface area (Å²) in [6, 6.07) is 12.2. The smallest absolute Gasteiger partial charge is 0.120 e. The van der Waals surface area contributed by atoms with Crippen LogP contribution in [0.5, 0.6) is 0 Å². The maximum Gasteiger partial charge on any atom is 0.120 e. The summed E-state index contributed by atoms with van der Waals surface area (Å²) in [7, 11) is 0. The van der Waals surface area contributed by atoms with Gasteiger partial charge >= 0.3 is 0 Å². The zero-order valence-corrected chi connectivity index (χ0v) is 10.1. The molecule has 1 aromatic carbocycles. The van der Waals surface area contributed by atoms with Gasteiger partial charge in [0, 0.05) is 11.9 Å². The number of pyridine rings is 1. The molecule has 0 spiro atoms. The molecule has 92 valence electrons. The summed E-state index contributed by atoms with van der Waals surface area (Å²) < 4.78 is 5.62. The fourth-order valence-corrected chi connectivity index (χ4v) is 1.97. The normalized spacial score (nSPS) is 14.6. The molecule has 0 aliphatic carbocycles. The Hall–Kier alpha value is -1.94. The Bertz CT molecular complexity index is 568. The first-order valence-corrected chi connectivity index (χ1v) is 6.08. The number of nitrogens with zero attached hydrogens (tertiary/aromatic N) is 3. The first-order chi connectivity index (χ1) is 8.92. The molecule has 0 atom stereocenters. The van der Waals surface area contributed by atoms with Crippen molar-refractivity contribution in [3.63, 3.8) is 0 Å². The summed E-state index contributed by atoms with van der Waals surface area (Å²) in [5.41, 5.74) is 1.98. The molecule has 0 amide bonds. The number of aromatic nitrogens is 1. The fourth-order valence-electron chi connectivity index (χ4n) is 1.97. The van der Waals surface area contributed by atoms with Gasteiger partial charge in [-0.2, -0.15) is 0 Å². The van der Waals surface area contributed by atoms with Crippen LogP contribution in [0.15, 0.2) is 41.4 Å². The van der Waals surface area contributed by atoms with Crippen molar-refractivity contribution in [1.29, 1.82) is 0 Å². The average Bonchev–Trinajstić information content (AvgIpc) is 2.92. The molecule has 2 heterocycles. The summed E-state index contributed by atoms with van der Waals surface area (Å²) in [5.74, 6) is 0. The highest BCUT2D eigenvalue weighted by atomic mass is 16.5. The lowest BCUT2D eigenvalue weighted by molar-refractivity contribution is 0.0582. The number of hydrogen-bond donors (Lipinski definition) is 0. The Balaban J connectivity index is 1.62. The zero-order chi connectivity index (χ0) is 12.2. The molecule has 0 saturated heterocycles. The Morgan fingerprint density at radius 1 is 1.17 bits per heavy atom. The quantitative estimate of drug-likeness (QED) is 0.822. The Morgan fingerprint density at radius 2 is 2.11 bits per heavy atom. The van der Waals surface area contributed by atoms with Crippen molar-refractivity contribution in [2.45, 2.75) is 6.61 Å². The van der Waals surface area contributed by atoms with E-state index in [0.717, 1.165) is 29.7 Å². The van der Waals surface area contributed by atoms with Gasteiger partial charge in [-0.15, -0.1) is 0 Å². The number of para-hydroxylation sites is 1. The predicted molar refractivity (Wildman–Crippen MR) is 71.5 cm³/mol. The Labute approximate surface area is 106 Å². The first-order valence-electron chi connectivity index (χ1n) is 6.08. The van der Waals surface area contributed by atoms with Crippen LogP contribution in [0.25, 0.3) is 10.9 Å². The van der Waals surface area contributed by atoms with Crippen molar-refractivity contribution in [2.24, 2.45) is 4.99 Å². The van der Waals surface area contributed by atoms with Gasteiger partial charge in [-0.3, -0.25) is 9.98 Å². The van der Waals surface area contributed by atoms with E-state index in [-0.39, 0.29) is 0 Å². The van der Waals surface area contributed by atoms with E-state index in [1.165, 1.54) is 0 Å². The van der Waals surface area contributed by atoms with Gasteiger partial charge in [-0.05, 0) is 12.1 Å². The Morgan fingerprint density at radius 3 is 3.00 bits per heavy atom. The van der Waals surface area contributed by atoms with Crippen LogP contribution < -0.4 is 0 Å². The van der Waals surface area contributed by atoms with Gasteiger partial charge in [0.25, 0.3) is 0 Å². The maximum atomic E-state index is 5.62. The average molecular weight is 241 g/mol. The van der Waals surface area contributed by atoms with Crippen LogP contribution in [0.1, 0.15) is 5.69 Å². The van der Waals surface area contributed by atoms with Crippen LogP contribution in [0.4, 0.5) is 0 Å². The molecule has 1 aromatic heterocycles. The lowest BCUT2D eigenvalue weighted by Crippen LogP contribution is -2.22. The zero-order valence-electron chi connectivity index (χ0n) is 10.1. The lowest BCUT2D eigenvalue weighted by atomic mass is 10.2. The highest BCUT2D eigenvalue weighted by Crippen LogP contribution is 2.12. The van der Waals surface area contributed by atoms with Crippen LogP contribution in [-0.4, -0.2) is 36.0 Å². The summed E-state index contributed by atoms with van der Waals surface area (Å²) >= 11 is 0. The molecule has 4 nitrogen and oxygen atoms in total. The highest BCUT2D eigenvalue weighted by Gasteiger charge is 2.05. The third-order valence-corrected chi connectivity index (χ3v) is 2.92. The van der Waals surface area contributed by atoms with Gasteiger partial charge in [0.1, 0.15) is 6.73 Å². The molecule has 0 bridgehead atoms. The second-order valence-corrected chi connectivity index (χ2v) is 4.31. The van der Waals surface area contributed by atoms with Gasteiger partial charge in [-0.25, -0.2) is 0 Å². The second-order valence-electron chi connectivity index (χ2n) is 4.31. The third kappa shape index (κ3) is 2.49. The van der Waals surface area contributed by atoms with Gasteiger partial charge in [-0.1, -0.05) is 24.3 Å². The molecule has 0 radical (unpaired) electrons. The molecular formula is C14H15N3O. The minimum absolute atomic E-state index is 0.537. The first kappa shape index (κ1) is 11.2. The number of ether oxygens (including phenoxy) is 1. The summed E-state index contributed by atoms with van der Waals surface area (Å²) in [6.07, 6.45) is 1.84. The lowest BCUT2D eigenvalue weighted by Gasteiger charge is -2.13. The summed E-state index contributed by atoms with van der Waals surface area (Å²) in [5, 5.41) is 1.16. The monoisotopic (exact) mass is 241 g/mol. The molecule has 0 saturated carbocycles. The van der Waals surface area contributed by atoms with Crippen molar-refractivity contribution in [3.05, 3.63) is 42.1 Å². The van der Waals surface area contributed by atoms with Crippen LogP contribution in [0.2, 0.25) is 0 Å². The second kappa shape index (κ2) is 5.14. The van der Waals surface area contributed by atoms with E-state index >= 15 is 0 Å². The van der Waals surface area contributed by atoms with Gasteiger partial charge in [0.05, 0.1) is 30.7 Å². The highest BCUT2D eigenvalue weighted by molar-refractivity contribution is 5.78. The molecule has 0 unspecified atom stereocenters. The number of hydrogen-bond acceptors (Lipinski definition) is 4. The molecule has 1 aliphatic rings. The minimum Gasteiger partial charge on any atom is -0.355 e. The van der Waals surface area contributed by atoms with Crippen molar-refractivity contribution in [1.82, 2.24) is 9.88 Å². The molecule has 18 heavy (non-hydrogen) atoms. The number of fused-ring (bicyclic) bond motifs is 1. The SMILES string of the molecule is C1=NCCN1COCc1ccc2ccccc2n1. The summed E-state index contributed by atoms with van der Waals surface area (Å²) in [6.45, 7) is 2.94. The molecule has 3 rings (SSSR count). The summed E-state index contributed by atoms with van der Waals surface area (Å²) in [4.78, 5) is 10.8. The van der Waals surface area contributed by atoms with E-state index in [9.17, 15) is 0 Å². The molecule has 0 fully saturated rings. The van der Waals surface area contributed by atoms with E-state index in [1.54, 1.807) is 0 Å².